The van der Waals surface area contributed by atoms with Crippen molar-refractivity contribution in [1.82, 2.24) is 9.47 Å². The Balaban J connectivity index is 1.73. The smallest absolute Gasteiger partial charge is 0.410 e. The quantitative estimate of drug-likeness (QED) is 0.665. The molecule has 0 spiro atoms. The van der Waals surface area contributed by atoms with Gasteiger partial charge in [0, 0.05) is 32.3 Å². The third kappa shape index (κ3) is 5.23. The molecule has 32 heavy (non-hydrogen) atoms. The minimum absolute atomic E-state index is 0.0470. The second-order valence-corrected chi connectivity index (χ2v) is 10.0. The molecule has 0 radical (unpaired) electrons. The van der Waals surface area contributed by atoms with Crippen LogP contribution in [-0.2, 0) is 11.8 Å². The predicted octanol–water partition coefficient (Wildman–Crippen LogP) is 4.90. The van der Waals surface area contributed by atoms with E-state index in [0.29, 0.717) is 19.4 Å². The summed E-state index contributed by atoms with van der Waals surface area (Å²) in [6, 6.07) is 11.4. The van der Waals surface area contributed by atoms with Crippen molar-refractivity contribution in [2.75, 3.05) is 6.54 Å². The van der Waals surface area contributed by atoms with Crippen LogP contribution >= 0.6 is 0 Å². The topological polar surface area (TPSA) is 71.8 Å². The van der Waals surface area contributed by atoms with Gasteiger partial charge in [-0.2, -0.15) is 0 Å². The molecule has 1 aliphatic rings. The first-order valence-corrected chi connectivity index (χ1v) is 11.4. The van der Waals surface area contributed by atoms with Crippen LogP contribution in [0.3, 0.4) is 0 Å². The van der Waals surface area contributed by atoms with Crippen LogP contribution in [0.15, 0.2) is 47.4 Å². The second kappa shape index (κ2) is 9.10. The van der Waals surface area contributed by atoms with Gasteiger partial charge in [-0.25, -0.2) is 4.79 Å². The molecule has 1 aromatic heterocycles. The number of ether oxygens (including phenoxy) is 1. The zero-order valence-corrected chi connectivity index (χ0v) is 20.1. The number of aliphatic hydroxyl groups is 1. The number of aryl methyl sites for hydroxylation is 1. The fourth-order valence-electron chi connectivity index (χ4n) is 4.29. The lowest BCUT2D eigenvalue weighted by Gasteiger charge is -2.46. The van der Waals surface area contributed by atoms with Gasteiger partial charge >= 0.3 is 6.09 Å². The SMILES string of the molecule is CC(C)[C@@]1(CCC(C)(C)O)CCN([C@@H](C)c2ccc(-c3ccn(C)c(=O)c3)cc2)C(=O)O1. The number of cyclic esters (lactones) is 1. The van der Waals surface area contributed by atoms with Crippen LogP contribution in [0.4, 0.5) is 4.79 Å². The molecule has 174 valence electrons. The largest absolute Gasteiger partial charge is 0.442 e. The van der Waals surface area contributed by atoms with Crippen molar-refractivity contribution in [1.29, 1.82) is 0 Å². The summed E-state index contributed by atoms with van der Waals surface area (Å²) in [6.45, 7) is 10.3. The minimum atomic E-state index is -0.788. The lowest BCUT2D eigenvalue weighted by atomic mass is 9.79. The van der Waals surface area contributed by atoms with Gasteiger partial charge in [-0.05, 0) is 62.3 Å². The highest BCUT2D eigenvalue weighted by Gasteiger charge is 2.44. The molecule has 0 aliphatic carbocycles. The van der Waals surface area contributed by atoms with E-state index in [1.807, 2.05) is 37.3 Å². The Morgan fingerprint density at radius 2 is 1.75 bits per heavy atom. The van der Waals surface area contributed by atoms with Crippen LogP contribution in [0.2, 0.25) is 0 Å². The third-order valence-electron chi connectivity index (χ3n) is 6.81. The summed E-state index contributed by atoms with van der Waals surface area (Å²) in [5.74, 6) is 0.170. The number of benzene rings is 1. The van der Waals surface area contributed by atoms with Crippen LogP contribution in [0.25, 0.3) is 11.1 Å². The summed E-state index contributed by atoms with van der Waals surface area (Å²) in [5, 5.41) is 10.2. The highest BCUT2D eigenvalue weighted by Crippen LogP contribution is 2.39. The molecule has 0 saturated carbocycles. The van der Waals surface area contributed by atoms with Crippen molar-refractivity contribution in [3.63, 3.8) is 0 Å². The first kappa shape index (κ1) is 24.1. The van der Waals surface area contributed by atoms with E-state index in [4.69, 9.17) is 4.74 Å². The highest BCUT2D eigenvalue weighted by molar-refractivity contribution is 5.70. The number of carbonyl (C=O) groups excluding carboxylic acids is 1. The number of amides is 1. The molecule has 6 heteroatoms. The summed E-state index contributed by atoms with van der Waals surface area (Å²) in [6.07, 6.45) is 3.42. The van der Waals surface area contributed by atoms with E-state index < -0.39 is 11.2 Å². The van der Waals surface area contributed by atoms with Gasteiger partial charge in [0.2, 0.25) is 0 Å². The number of aromatic nitrogens is 1. The molecule has 1 aromatic carbocycles. The standard InChI is InChI=1S/C26H36N2O4/c1-18(2)26(13-12-25(4,5)31)14-16-28(24(30)32-26)19(3)20-7-9-21(10-8-20)22-11-15-27(6)23(29)17-22/h7-11,15,17-19,31H,12-14,16H2,1-6H3/t19-,26+/m0/s1. The van der Waals surface area contributed by atoms with E-state index in [9.17, 15) is 14.7 Å². The summed E-state index contributed by atoms with van der Waals surface area (Å²) < 4.78 is 7.58. The van der Waals surface area contributed by atoms with Gasteiger partial charge in [-0.1, -0.05) is 38.1 Å². The molecule has 0 bridgehead atoms. The van der Waals surface area contributed by atoms with Crippen molar-refractivity contribution in [2.45, 2.75) is 71.1 Å². The molecular formula is C26H36N2O4. The summed E-state index contributed by atoms with van der Waals surface area (Å²) in [5.41, 5.74) is 1.47. The molecule has 0 unspecified atom stereocenters. The van der Waals surface area contributed by atoms with Crippen molar-refractivity contribution in [3.05, 3.63) is 58.5 Å². The van der Waals surface area contributed by atoms with Gasteiger partial charge < -0.3 is 19.3 Å². The maximum Gasteiger partial charge on any atom is 0.410 e. The van der Waals surface area contributed by atoms with Crippen LogP contribution < -0.4 is 5.56 Å². The van der Waals surface area contributed by atoms with Crippen LogP contribution in [0.5, 0.6) is 0 Å². The zero-order valence-electron chi connectivity index (χ0n) is 20.1. The predicted molar refractivity (Wildman–Crippen MR) is 126 cm³/mol. The Bertz CT molecular complexity index is 1000. The monoisotopic (exact) mass is 440 g/mol. The number of rotatable bonds is 7. The molecule has 6 nitrogen and oxygen atoms in total. The Labute approximate surface area is 190 Å². The van der Waals surface area contributed by atoms with Gasteiger partial charge in [-0.3, -0.25) is 4.79 Å². The van der Waals surface area contributed by atoms with Gasteiger partial charge in [0.15, 0.2) is 0 Å². The fraction of sp³-hybridized carbons (Fsp3) is 0.538. The fourth-order valence-corrected chi connectivity index (χ4v) is 4.29. The van der Waals surface area contributed by atoms with E-state index in [1.54, 1.807) is 42.6 Å². The lowest BCUT2D eigenvalue weighted by molar-refractivity contribution is -0.0968. The van der Waals surface area contributed by atoms with Crippen molar-refractivity contribution < 1.29 is 14.6 Å². The molecular weight excluding hydrogens is 404 g/mol. The van der Waals surface area contributed by atoms with Gasteiger partial charge in [-0.15, -0.1) is 0 Å². The average molecular weight is 441 g/mol. The minimum Gasteiger partial charge on any atom is -0.442 e. The first-order chi connectivity index (χ1) is 14.9. The number of nitrogens with zero attached hydrogens (tertiary/aromatic N) is 2. The Kier molecular flexibility index (Phi) is 6.84. The Morgan fingerprint density at radius 1 is 1.09 bits per heavy atom. The number of hydrogen-bond donors (Lipinski definition) is 1. The number of carbonyl (C=O) groups is 1. The number of pyridine rings is 1. The lowest BCUT2D eigenvalue weighted by Crippen LogP contribution is -2.53. The average Bonchev–Trinajstić information content (AvgIpc) is 2.73. The van der Waals surface area contributed by atoms with E-state index in [-0.39, 0.29) is 23.6 Å². The van der Waals surface area contributed by atoms with Crippen LogP contribution in [-0.4, -0.2) is 38.4 Å². The third-order valence-corrected chi connectivity index (χ3v) is 6.81. The maximum absolute atomic E-state index is 13.0. The van der Waals surface area contributed by atoms with E-state index >= 15 is 0 Å². The van der Waals surface area contributed by atoms with Crippen molar-refractivity contribution >= 4 is 6.09 Å². The van der Waals surface area contributed by atoms with Gasteiger partial charge in [0.05, 0.1) is 11.6 Å². The summed E-state index contributed by atoms with van der Waals surface area (Å²) in [4.78, 5) is 26.7. The second-order valence-electron chi connectivity index (χ2n) is 10.0. The Hall–Kier alpha value is -2.60. The molecule has 2 atom stereocenters. The maximum atomic E-state index is 13.0. The van der Waals surface area contributed by atoms with Crippen molar-refractivity contribution in [2.24, 2.45) is 13.0 Å². The van der Waals surface area contributed by atoms with E-state index in [1.165, 1.54) is 0 Å². The summed E-state index contributed by atoms with van der Waals surface area (Å²) >= 11 is 0. The molecule has 1 fully saturated rings. The molecule has 1 saturated heterocycles. The van der Waals surface area contributed by atoms with Crippen LogP contribution in [0.1, 0.15) is 65.5 Å². The zero-order chi connectivity index (χ0) is 23.7. The molecule has 1 amide bonds. The van der Waals surface area contributed by atoms with Gasteiger partial charge in [0.1, 0.15) is 5.60 Å². The normalized spacial score (nSPS) is 20.4. The van der Waals surface area contributed by atoms with E-state index in [0.717, 1.165) is 23.1 Å². The first-order valence-electron chi connectivity index (χ1n) is 11.4. The summed E-state index contributed by atoms with van der Waals surface area (Å²) in [7, 11) is 1.73. The van der Waals surface area contributed by atoms with Crippen LogP contribution in [0, 0.1) is 5.92 Å². The number of hydrogen-bond acceptors (Lipinski definition) is 4. The molecule has 1 N–H and O–H groups in total. The molecule has 2 heterocycles. The molecule has 1 aliphatic heterocycles. The van der Waals surface area contributed by atoms with E-state index in [2.05, 4.69) is 13.8 Å². The Morgan fingerprint density at radius 3 is 2.28 bits per heavy atom. The molecule has 3 rings (SSSR count). The van der Waals surface area contributed by atoms with Crippen molar-refractivity contribution in [3.8, 4) is 11.1 Å². The van der Waals surface area contributed by atoms with Gasteiger partial charge in [0.25, 0.3) is 5.56 Å². The molecule has 2 aromatic rings. The highest BCUT2D eigenvalue weighted by atomic mass is 16.6.